The Balaban J connectivity index is 2.60. The summed E-state index contributed by atoms with van der Waals surface area (Å²) in [6.45, 7) is -2.82. The molecule has 16 heavy (non-hydrogen) atoms. The van der Waals surface area contributed by atoms with Crippen molar-refractivity contribution < 1.29 is 18.3 Å². The van der Waals surface area contributed by atoms with Crippen LogP contribution in [0.3, 0.4) is 0 Å². The Morgan fingerprint density at radius 2 is 1.50 bits per heavy atom. The molecule has 4 heteroatoms. The lowest BCUT2D eigenvalue weighted by atomic mass is 10.1. The van der Waals surface area contributed by atoms with Gasteiger partial charge in [0.15, 0.2) is 0 Å². The first-order chi connectivity index (χ1) is 7.72. The minimum Gasteiger partial charge on any atom is -0.496 e. The Labute approximate surface area is 91.4 Å². The van der Waals surface area contributed by atoms with Gasteiger partial charge in [0.2, 0.25) is 0 Å². The van der Waals surface area contributed by atoms with Crippen molar-refractivity contribution in [1.82, 2.24) is 0 Å². The number of fused-ring (bicyclic) bond motifs is 1. The van der Waals surface area contributed by atoms with Gasteiger partial charge in [-0.1, -0.05) is 24.3 Å². The summed E-state index contributed by atoms with van der Waals surface area (Å²) in [6.07, 6.45) is 0. The molecule has 0 saturated heterocycles. The van der Waals surface area contributed by atoms with E-state index in [9.17, 15) is 8.78 Å². The number of halogens is 2. The third-order valence-corrected chi connectivity index (χ3v) is 2.28. The summed E-state index contributed by atoms with van der Waals surface area (Å²) in [4.78, 5) is 0. The molecule has 0 saturated carbocycles. The first-order valence-corrected chi connectivity index (χ1v) is 4.73. The van der Waals surface area contributed by atoms with Crippen molar-refractivity contribution in [3.8, 4) is 11.5 Å². The predicted molar refractivity (Wildman–Crippen MR) is 57.1 cm³/mol. The lowest BCUT2D eigenvalue weighted by Crippen LogP contribution is -2.02. The second-order valence-electron chi connectivity index (χ2n) is 3.19. The van der Waals surface area contributed by atoms with Gasteiger partial charge in [-0.05, 0) is 12.1 Å². The zero-order valence-corrected chi connectivity index (χ0v) is 8.61. The van der Waals surface area contributed by atoms with Gasteiger partial charge in [-0.25, -0.2) is 0 Å². The van der Waals surface area contributed by atoms with E-state index in [1.54, 1.807) is 24.3 Å². The van der Waals surface area contributed by atoms with Crippen LogP contribution in [0, 0.1) is 0 Å². The summed E-state index contributed by atoms with van der Waals surface area (Å²) in [7, 11) is 1.54. The van der Waals surface area contributed by atoms with Crippen molar-refractivity contribution in [2.75, 3.05) is 7.11 Å². The number of benzene rings is 2. The maximum Gasteiger partial charge on any atom is 0.387 e. The van der Waals surface area contributed by atoms with Crippen molar-refractivity contribution in [2.24, 2.45) is 0 Å². The molecule has 0 bridgehead atoms. The number of hydrogen-bond acceptors (Lipinski definition) is 2. The van der Waals surface area contributed by atoms with E-state index in [0.717, 1.165) is 5.39 Å². The van der Waals surface area contributed by atoms with Crippen LogP contribution in [0.25, 0.3) is 10.8 Å². The van der Waals surface area contributed by atoms with Gasteiger partial charge in [0.05, 0.1) is 7.11 Å². The Morgan fingerprint density at radius 1 is 0.938 bits per heavy atom. The summed E-state index contributed by atoms with van der Waals surface area (Å²) in [5.74, 6) is 0.795. The predicted octanol–water partition coefficient (Wildman–Crippen LogP) is 3.45. The van der Waals surface area contributed by atoms with E-state index in [1.165, 1.54) is 13.2 Å². The van der Waals surface area contributed by atoms with Crippen LogP contribution in [0.1, 0.15) is 0 Å². The molecule has 0 aromatic heterocycles. The summed E-state index contributed by atoms with van der Waals surface area (Å²) >= 11 is 0. The zero-order chi connectivity index (χ0) is 11.5. The highest BCUT2D eigenvalue weighted by Gasteiger charge is 2.10. The van der Waals surface area contributed by atoms with Crippen molar-refractivity contribution in [1.29, 1.82) is 0 Å². The largest absolute Gasteiger partial charge is 0.496 e. The normalized spacial score (nSPS) is 10.8. The van der Waals surface area contributed by atoms with E-state index >= 15 is 0 Å². The first-order valence-electron chi connectivity index (χ1n) is 4.73. The monoisotopic (exact) mass is 224 g/mol. The fourth-order valence-electron chi connectivity index (χ4n) is 1.62. The van der Waals surface area contributed by atoms with E-state index in [-0.39, 0.29) is 5.75 Å². The number of hydrogen-bond donors (Lipinski definition) is 0. The average Bonchev–Trinajstić information content (AvgIpc) is 2.29. The highest BCUT2D eigenvalue weighted by Crippen LogP contribution is 2.33. The minimum atomic E-state index is -2.82. The maximum atomic E-state index is 12.2. The van der Waals surface area contributed by atoms with Crippen LogP contribution in [0.4, 0.5) is 8.78 Å². The molecule has 84 valence electrons. The molecule has 2 aromatic carbocycles. The van der Waals surface area contributed by atoms with Crippen molar-refractivity contribution in [2.45, 2.75) is 6.61 Å². The molecule has 0 spiro atoms. The molecule has 0 aliphatic carbocycles. The Morgan fingerprint density at radius 3 is 2.06 bits per heavy atom. The van der Waals surface area contributed by atoms with E-state index in [1.807, 2.05) is 6.07 Å². The minimum absolute atomic E-state index is 0.159. The van der Waals surface area contributed by atoms with Crippen LogP contribution >= 0.6 is 0 Å². The van der Waals surface area contributed by atoms with Gasteiger partial charge in [0, 0.05) is 10.8 Å². The molecule has 0 aliphatic rings. The van der Waals surface area contributed by atoms with Crippen LogP contribution in [0.5, 0.6) is 11.5 Å². The van der Waals surface area contributed by atoms with Crippen molar-refractivity contribution in [3.05, 3.63) is 36.4 Å². The standard InChI is InChI=1S/C12H10F2O2/c1-15-10-6-7-11(16-12(13)14)9-5-3-2-4-8(9)10/h2-7,12H,1H3. The van der Waals surface area contributed by atoms with E-state index in [2.05, 4.69) is 4.74 Å². The van der Waals surface area contributed by atoms with Gasteiger partial charge in [0.25, 0.3) is 0 Å². The van der Waals surface area contributed by atoms with Gasteiger partial charge in [-0.15, -0.1) is 0 Å². The van der Waals surface area contributed by atoms with Crippen LogP contribution in [0.15, 0.2) is 36.4 Å². The number of ether oxygens (including phenoxy) is 2. The van der Waals surface area contributed by atoms with Crippen LogP contribution in [0.2, 0.25) is 0 Å². The molecule has 0 amide bonds. The van der Waals surface area contributed by atoms with Crippen LogP contribution in [-0.4, -0.2) is 13.7 Å². The lowest BCUT2D eigenvalue weighted by Gasteiger charge is -2.10. The molecular weight excluding hydrogens is 214 g/mol. The van der Waals surface area contributed by atoms with E-state index in [0.29, 0.717) is 11.1 Å². The third-order valence-electron chi connectivity index (χ3n) is 2.28. The number of alkyl halides is 2. The maximum absolute atomic E-state index is 12.2. The van der Waals surface area contributed by atoms with Gasteiger partial charge in [0.1, 0.15) is 11.5 Å². The topological polar surface area (TPSA) is 18.5 Å². The average molecular weight is 224 g/mol. The highest BCUT2D eigenvalue weighted by atomic mass is 19.3. The molecule has 0 unspecified atom stereocenters. The molecule has 0 N–H and O–H groups in total. The summed E-state index contributed by atoms with van der Waals surface area (Å²) in [5.41, 5.74) is 0. The summed E-state index contributed by atoms with van der Waals surface area (Å²) in [6, 6.07) is 10.2. The van der Waals surface area contributed by atoms with Crippen molar-refractivity contribution in [3.63, 3.8) is 0 Å². The molecule has 0 radical (unpaired) electrons. The number of rotatable bonds is 3. The molecule has 0 fully saturated rings. The Kier molecular flexibility index (Phi) is 2.90. The molecule has 2 aromatic rings. The fourth-order valence-corrected chi connectivity index (χ4v) is 1.62. The Bertz CT molecular complexity index is 497. The van der Waals surface area contributed by atoms with Crippen LogP contribution in [-0.2, 0) is 0 Å². The van der Waals surface area contributed by atoms with E-state index in [4.69, 9.17) is 4.74 Å². The molecular formula is C12H10F2O2. The van der Waals surface area contributed by atoms with E-state index < -0.39 is 6.61 Å². The smallest absolute Gasteiger partial charge is 0.387 e. The SMILES string of the molecule is COc1ccc(OC(F)F)c2ccccc12. The third kappa shape index (κ3) is 1.91. The summed E-state index contributed by atoms with van der Waals surface area (Å²) in [5, 5.41) is 1.37. The first kappa shape index (κ1) is 10.7. The second kappa shape index (κ2) is 4.35. The van der Waals surface area contributed by atoms with Gasteiger partial charge >= 0.3 is 6.61 Å². The molecule has 0 heterocycles. The van der Waals surface area contributed by atoms with Crippen molar-refractivity contribution >= 4 is 10.8 Å². The second-order valence-corrected chi connectivity index (χ2v) is 3.19. The summed E-state index contributed by atoms with van der Waals surface area (Å²) < 4.78 is 33.9. The van der Waals surface area contributed by atoms with Gasteiger partial charge < -0.3 is 9.47 Å². The fraction of sp³-hybridized carbons (Fsp3) is 0.167. The molecule has 0 aliphatic heterocycles. The zero-order valence-electron chi connectivity index (χ0n) is 8.61. The molecule has 0 atom stereocenters. The van der Waals surface area contributed by atoms with Crippen LogP contribution < -0.4 is 9.47 Å². The van der Waals surface area contributed by atoms with Gasteiger partial charge in [-0.3, -0.25) is 0 Å². The Hall–Kier alpha value is -1.84. The lowest BCUT2D eigenvalue weighted by molar-refractivity contribution is -0.0488. The molecule has 2 rings (SSSR count). The quantitative estimate of drug-likeness (QED) is 0.794. The van der Waals surface area contributed by atoms with Gasteiger partial charge in [-0.2, -0.15) is 8.78 Å². The molecule has 2 nitrogen and oxygen atoms in total. The number of methoxy groups -OCH3 is 1. The highest BCUT2D eigenvalue weighted by molar-refractivity contribution is 5.93.